The molecule has 0 saturated heterocycles. The van der Waals surface area contributed by atoms with Crippen LogP contribution in [0.4, 0.5) is 5.69 Å². The molecule has 0 aliphatic carbocycles. The van der Waals surface area contributed by atoms with Gasteiger partial charge in [0.15, 0.2) is 5.82 Å². The lowest BCUT2D eigenvalue weighted by atomic mass is 10.1. The second kappa shape index (κ2) is 5.63. The van der Waals surface area contributed by atoms with Crippen LogP contribution in [-0.4, -0.2) is 22.6 Å². The standard InChI is InChI=1S/C11H11BrN4O2/c12-7-1-2-9(13)8(5-7)11(17)14-4-3-10-15-6-18-16-10/h1-2,5-6H,3-4,13H2,(H,14,17). The zero-order chi connectivity index (χ0) is 13.0. The smallest absolute Gasteiger partial charge is 0.253 e. The summed E-state index contributed by atoms with van der Waals surface area (Å²) >= 11 is 3.30. The molecule has 0 unspecified atom stereocenters. The van der Waals surface area contributed by atoms with E-state index in [1.165, 1.54) is 6.39 Å². The van der Waals surface area contributed by atoms with Gasteiger partial charge in [-0.3, -0.25) is 4.79 Å². The van der Waals surface area contributed by atoms with Gasteiger partial charge in [-0.1, -0.05) is 21.1 Å². The number of carbonyl (C=O) groups is 1. The van der Waals surface area contributed by atoms with E-state index in [9.17, 15) is 4.79 Å². The molecule has 1 aromatic carbocycles. The summed E-state index contributed by atoms with van der Waals surface area (Å²) in [7, 11) is 0. The van der Waals surface area contributed by atoms with Crippen LogP contribution in [0.25, 0.3) is 0 Å². The van der Waals surface area contributed by atoms with Gasteiger partial charge in [-0.2, -0.15) is 4.98 Å². The summed E-state index contributed by atoms with van der Waals surface area (Å²) in [6, 6.07) is 5.14. The number of benzene rings is 1. The Morgan fingerprint density at radius 2 is 2.33 bits per heavy atom. The van der Waals surface area contributed by atoms with E-state index in [0.717, 1.165) is 4.47 Å². The number of hydrogen-bond donors (Lipinski definition) is 2. The Morgan fingerprint density at radius 3 is 3.06 bits per heavy atom. The number of rotatable bonds is 4. The Hall–Kier alpha value is -1.89. The van der Waals surface area contributed by atoms with Gasteiger partial charge in [0, 0.05) is 23.1 Å². The number of amides is 1. The Bertz CT molecular complexity index is 542. The average molecular weight is 311 g/mol. The topological polar surface area (TPSA) is 94.0 Å². The summed E-state index contributed by atoms with van der Waals surface area (Å²) in [5.74, 6) is 0.329. The van der Waals surface area contributed by atoms with Crippen molar-refractivity contribution in [2.45, 2.75) is 6.42 Å². The van der Waals surface area contributed by atoms with E-state index >= 15 is 0 Å². The van der Waals surface area contributed by atoms with Crippen LogP contribution in [0.1, 0.15) is 16.2 Å². The highest BCUT2D eigenvalue weighted by Crippen LogP contribution is 2.18. The minimum atomic E-state index is -0.225. The van der Waals surface area contributed by atoms with Gasteiger partial charge in [0.2, 0.25) is 6.39 Å². The minimum absolute atomic E-state index is 0.225. The molecular weight excluding hydrogens is 300 g/mol. The van der Waals surface area contributed by atoms with Gasteiger partial charge in [0.25, 0.3) is 5.91 Å². The molecule has 2 rings (SSSR count). The summed E-state index contributed by atoms with van der Waals surface area (Å²) in [5, 5.41) is 6.39. The molecule has 7 heteroatoms. The van der Waals surface area contributed by atoms with Crippen molar-refractivity contribution in [2.24, 2.45) is 0 Å². The molecule has 1 amide bonds. The summed E-state index contributed by atoms with van der Waals surface area (Å²) in [5.41, 5.74) is 6.62. The van der Waals surface area contributed by atoms with Crippen LogP contribution < -0.4 is 11.1 Å². The molecule has 0 aliphatic rings. The normalized spacial score (nSPS) is 10.3. The highest BCUT2D eigenvalue weighted by molar-refractivity contribution is 9.10. The highest BCUT2D eigenvalue weighted by atomic mass is 79.9. The van der Waals surface area contributed by atoms with E-state index < -0.39 is 0 Å². The molecule has 2 aromatic rings. The van der Waals surface area contributed by atoms with Crippen LogP contribution >= 0.6 is 15.9 Å². The summed E-state index contributed by atoms with van der Waals surface area (Å²) < 4.78 is 5.40. The Kier molecular flexibility index (Phi) is 3.93. The lowest BCUT2D eigenvalue weighted by Gasteiger charge is -2.06. The van der Waals surface area contributed by atoms with Gasteiger partial charge >= 0.3 is 0 Å². The van der Waals surface area contributed by atoms with Crippen molar-refractivity contribution in [2.75, 3.05) is 12.3 Å². The zero-order valence-electron chi connectivity index (χ0n) is 9.39. The lowest BCUT2D eigenvalue weighted by molar-refractivity contribution is 0.0954. The third-order valence-electron chi connectivity index (χ3n) is 2.30. The van der Waals surface area contributed by atoms with Crippen LogP contribution in [0.15, 0.2) is 33.6 Å². The first-order valence-corrected chi connectivity index (χ1v) is 6.04. The molecule has 0 aliphatic heterocycles. The van der Waals surface area contributed by atoms with Crippen molar-refractivity contribution in [1.82, 2.24) is 15.5 Å². The van der Waals surface area contributed by atoms with Crippen LogP contribution in [0.3, 0.4) is 0 Å². The molecule has 0 spiro atoms. The van der Waals surface area contributed by atoms with Crippen LogP contribution in [0.5, 0.6) is 0 Å². The number of anilines is 1. The fraction of sp³-hybridized carbons (Fsp3) is 0.182. The SMILES string of the molecule is Nc1ccc(Br)cc1C(=O)NCCc1ncon1. The number of nitrogen functional groups attached to an aromatic ring is 1. The quantitative estimate of drug-likeness (QED) is 0.832. The van der Waals surface area contributed by atoms with Crippen molar-refractivity contribution in [3.05, 3.63) is 40.5 Å². The number of nitrogens with zero attached hydrogens (tertiary/aromatic N) is 2. The minimum Gasteiger partial charge on any atom is -0.398 e. The Labute approximate surface area is 112 Å². The molecule has 0 bridgehead atoms. The molecule has 6 nitrogen and oxygen atoms in total. The third-order valence-corrected chi connectivity index (χ3v) is 2.79. The van der Waals surface area contributed by atoms with Gasteiger partial charge in [-0.25, -0.2) is 0 Å². The molecular formula is C11H11BrN4O2. The number of nitrogens with one attached hydrogen (secondary N) is 1. The number of carbonyl (C=O) groups excluding carboxylic acids is 1. The van der Waals surface area contributed by atoms with Crippen molar-refractivity contribution >= 4 is 27.5 Å². The summed E-state index contributed by atoms with van der Waals surface area (Å²) in [6.07, 6.45) is 1.76. The maximum Gasteiger partial charge on any atom is 0.253 e. The van der Waals surface area contributed by atoms with Gasteiger partial charge in [0.1, 0.15) is 0 Å². The van der Waals surface area contributed by atoms with Crippen molar-refractivity contribution in [3.63, 3.8) is 0 Å². The molecule has 1 heterocycles. The van der Waals surface area contributed by atoms with E-state index in [-0.39, 0.29) is 5.91 Å². The average Bonchev–Trinajstić information content (AvgIpc) is 2.85. The lowest BCUT2D eigenvalue weighted by Crippen LogP contribution is -2.26. The van der Waals surface area contributed by atoms with Gasteiger partial charge < -0.3 is 15.6 Å². The van der Waals surface area contributed by atoms with Crippen molar-refractivity contribution in [3.8, 4) is 0 Å². The van der Waals surface area contributed by atoms with Gasteiger partial charge in [-0.05, 0) is 18.2 Å². The first-order valence-electron chi connectivity index (χ1n) is 5.25. The predicted octanol–water partition coefficient (Wildman–Crippen LogP) is 1.39. The van der Waals surface area contributed by atoms with E-state index in [2.05, 4.69) is 35.9 Å². The monoisotopic (exact) mass is 310 g/mol. The van der Waals surface area contributed by atoms with Crippen molar-refractivity contribution in [1.29, 1.82) is 0 Å². The van der Waals surface area contributed by atoms with E-state index in [0.29, 0.717) is 30.0 Å². The maximum atomic E-state index is 11.9. The third kappa shape index (κ3) is 3.07. The highest BCUT2D eigenvalue weighted by Gasteiger charge is 2.10. The van der Waals surface area contributed by atoms with Crippen LogP contribution in [0.2, 0.25) is 0 Å². The molecule has 1 aromatic heterocycles. The van der Waals surface area contributed by atoms with E-state index in [4.69, 9.17) is 5.73 Å². The first kappa shape index (κ1) is 12.6. The number of hydrogen-bond acceptors (Lipinski definition) is 5. The summed E-state index contributed by atoms with van der Waals surface area (Å²) in [6.45, 7) is 0.421. The molecule has 18 heavy (non-hydrogen) atoms. The van der Waals surface area contributed by atoms with Gasteiger partial charge in [0.05, 0.1) is 5.56 Å². The fourth-order valence-corrected chi connectivity index (χ4v) is 1.77. The van der Waals surface area contributed by atoms with E-state index in [1.807, 2.05) is 0 Å². The van der Waals surface area contributed by atoms with E-state index in [1.54, 1.807) is 18.2 Å². The first-order chi connectivity index (χ1) is 8.66. The zero-order valence-corrected chi connectivity index (χ0v) is 11.0. The fourth-order valence-electron chi connectivity index (χ4n) is 1.41. The molecule has 94 valence electrons. The van der Waals surface area contributed by atoms with Crippen LogP contribution in [0, 0.1) is 0 Å². The number of halogens is 1. The largest absolute Gasteiger partial charge is 0.398 e. The van der Waals surface area contributed by atoms with Gasteiger partial charge in [-0.15, -0.1) is 0 Å². The maximum absolute atomic E-state index is 11.9. The Balaban J connectivity index is 1.93. The Morgan fingerprint density at radius 1 is 1.50 bits per heavy atom. The van der Waals surface area contributed by atoms with Crippen LogP contribution in [-0.2, 0) is 6.42 Å². The second-order valence-electron chi connectivity index (χ2n) is 3.58. The predicted molar refractivity (Wildman–Crippen MR) is 68.9 cm³/mol. The summed E-state index contributed by atoms with van der Waals surface area (Å²) in [4.78, 5) is 15.7. The number of aromatic nitrogens is 2. The number of nitrogens with two attached hydrogens (primary N) is 1. The van der Waals surface area contributed by atoms with Crippen molar-refractivity contribution < 1.29 is 9.32 Å². The molecule has 3 N–H and O–H groups in total. The molecule has 0 radical (unpaired) electrons. The molecule has 0 saturated carbocycles. The second-order valence-corrected chi connectivity index (χ2v) is 4.50. The molecule has 0 fully saturated rings. The molecule has 0 atom stereocenters.